The fourth-order valence-corrected chi connectivity index (χ4v) is 5.53. The number of ether oxygens (including phenoxy) is 2. The molecular weight excluding hydrogens is 486 g/mol. The highest BCUT2D eigenvalue weighted by Crippen LogP contribution is 2.39. The standard InChI is InChI=1S/C30H35NO5S/c1-20-17-24(31-37(34)16-14-21-9-6-5-7-10-21)19-25(28(29(32)33)36-30(2,3)4)27(20)23-12-13-26-22(18-23)11-8-15-35-26/h5-7,9-10,12-13,17-19,28,31H,8,11,14-16H2,1-4H3,(H,32,33). The van der Waals surface area contributed by atoms with E-state index in [0.717, 1.165) is 46.4 Å². The first-order chi connectivity index (χ1) is 17.6. The number of nitrogens with one attached hydrogen (secondary N) is 1. The van der Waals surface area contributed by atoms with E-state index in [9.17, 15) is 14.1 Å². The number of fused-ring (bicyclic) bond motifs is 1. The number of hydrogen-bond acceptors (Lipinski definition) is 4. The van der Waals surface area contributed by atoms with E-state index in [-0.39, 0.29) is 0 Å². The molecule has 1 aliphatic heterocycles. The van der Waals surface area contributed by atoms with Crippen LogP contribution < -0.4 is 9.46 Å². The Morgan fingerprint density at radius 2 is 1.89 bits per heavy atom. The van der Waals surface area contributed by atoms with Crippen molar-refractivity contribution in [2.45, 2.75) is 58.7 Å². The molecule has 2 unspecified atom stereocenters. The van der Waals surface area contributed by atoms with Gasteiger partial charge in [-0.2, -0.15) is 0 Å². The SMILES string of the molecule is Cc1cc(NS(=O)CCc2ccccc2)cc(C(OC(C)(C)C)C(=O)O)c1-c1ccc2c(c1)CCCO2. The molecule has 37 heavy (non-hydrogen) atoms. The van der Waals surface area contributed by atoms with Crippen LogP contribution in [-0.4, -0.2) is 33.2 Å². The Kier molecular flexibility index (Phi) is 8.35. The summed E-state index contributed by atoms with van der Waals surface area (Å²) in [5.41, 5.74) is 5.28. The van der Waals surface area contributed by atoms with Crippen molar-refractivity contribution in [1.29, 1.82) is 0 Å². The zero-order valence-corrected chi connectivity index (χ0v) is 22.7. The monoisotopic (exact) mass is 521 g/mol. The molecule has 1 heterocycles. The Labute approximate surface area is 221 Å². The van der Waals surface area contributed by atoms with E-state index in [1.807, 2.05) is 76.2 Å². The van der Waals surface area contributed by atoms with Crippen molar-refractivity contribution in [3.63, 3.8) is 0 Å². The molecule has 4 rings (SSSR count). The summed E-state index contributed by atoms with van der Waals surface area (Å²) in [6, 6.07) is 19.6. The van der Waals surface area contributed by atoms with Crippen LogP contribution in [0.2, 0.25) is 0 Å². The first kappa shape index (κ1) is 26.9. The van der Waals surface area contributed by atoms with Crippen molar-refractivity contribution in [3.05, 3.63) is 82.9 Å². The highest BCUT2D eigenvalue weighted by Gasteiger charge is 2.30. The van der Waals surface area contributed by atoms with Gasteiger partial charge in [0.1, 0.15) is 16.7 Å². The minimum Gasteiger partial charge on any atom is -0.493 e. The van der Waals surface area contributed by atoms with E-state index >= 15 is 0 Å². The van der Waals surface area contributed by atoms with Crippen molar-refractivity contribution in [2.24, 2.45) is 0 Å². The topological polar surface area (TPSA) is 84.9 Å². The van der Waals surface area contributed by atoms with Gasteiger partial charge < -0.3 is 19.3 Å². The van der Waals surface area contributed by atoms with E-state index < -0.39 is 28.7 Å². The molecule has 1 aliphatic rings. The number of anilines is 1. The molecule has 0 saturated carbocycles. The predicted octanol–water partition coefficient (Wildman–Crippen LogP) is 6.25. The van der Waals surface area contributed by atoms with E-state index in [1.54, 1.807) is 6.07 Å². The van der Waals surface area contributed by atoms with Gasteiger partial charge in [0.05, 0.1) is 12.2 Å². The molecule has 0 spiro atoms. The molecule has 6 nitrogen and oxygen atoms in total. The Morgan fingerprint density at radius 1 is 1.14 bits per heavy atom. The van der Waals surface area contributed by atoms with Crippen LogP contribution in [-0.2, 0) is 33.4 Å². The second-order valence-electron chi connectivity index (χ2n) is 10.4. The number of rotatable bonds is 9. The molecule has 3 aromatic rings. The number of carboxylic acid groups (broad SMARTS) is 1. The molecule has 3 aromatic carbocycles. The van der Waals surface area contributed by atoms with Crippen molar-refractivity contribution >= 4 is 22.6 Å². The molecule has 0 bridgehead atoms. The summed E-state index contributed by atoms with van der Waals surface area (Å²) >= 11 is 0. The first-order valence-corrected chi connectivity index (χ1v) is 13.9. The van der Waals surface area contributed by atoms with Crippen LogP contribution in [0.15, 0.2) is 60.7 Å². The van der Waals surface area contributed by atoms with Crippen LogP contribution in [0.5, 0.6) is 5.75 Å². The Bertz CT molecular complexity index is 1280. The molecular formula is C30H35NO5S. The van der Waals surface area contributed by atoms with Crippen LogP contribution in [0.4, 0.5) is 5.69 Å². The second-order valence-corrected chi connectivity index (χ2v) is 11.7. The minimum absolute atomic E-state index is 0.436. The molecule has 0 fully saturated rings. The van der Waals surface area contributed by atoms with Crippen LogP contribution in [0.3, 0.4) is 0 Å². The molecule has 0 aliphatic carbocycles. The van der Waals surface area contributed by atoms with Gasteiger partial charge in [-0.25, -0.2) is 9.00 Å². The highest BCUT2D eigenvalue weighted by atomic mass is 32.2. The van der Waals surface area contributed by atoms with Gasteiger partial charge in [0, 0.05) is 17.0 Å². The van der Waals surface area contributed by atoms with Crippen molar-refractivity contribution in [3.8, 4) is 16.9 Å². The Hall–Kier alpha value is -3.16. The number of benzene rings is 3. The third kappa shape index (κ3) is 6.99. The molecule has 2 atom stereocenters. The summed E-state index contributed by atoms with van der Waals surface area (Å²) in [4.78, 5) is 12.5. The molecule has 196 valence electrons. The summed E-state index contributed by atoms with van der Waals surface area (Å²) in [5, 5.41) is 10.2. The van der Waals surface area contributed by atoms with Crippen LogP contribution in [0.1, 0.15) is 55.5 Å². The first-order valence-electron chi connectivity index (χ1n) is 12.6. The Balaban J connectivity index is 1.71. The number of carbonyl (C=O) groups is 1. The van der Waals surface area contributed by atoms with Crippen molar-refractivity contribution in [2.75, 3.05) is 17.1 Å². The lowest BCUT2D eigenvalue weighted by Crippen LogP contribution is -2.28. The average molecular weight is 522 g/mol. The summed E-state index contributed by atoms with van der Waals surface area (Å²) in [5.74, 6) is 0.243. The maximum absolute atomic E-state index is 12.9. The smallest absolute Gasteiger partial charge is 0.337 e. The Morgan fingerprint density at radius 3 is 2.59 bits per heavy atom. The second kappa shape index (κ2) is 11.5. The van der Waals surface area contributed by atoms with E-state index in [1.165, 1.54) is 0 Å². The minimum atomic E-state index is -1.34. The fourth-order valence-electron chi connectivity index (χ4n) is 4.63. The van der Waals surface area contributed by atoms with Crippen LogP contribution >= 0.6 is 0 Å². The predicted molar refractivity (Wildman–Crippen MR) is 148 cm³/mol. The summed E-state index contributed by atoms with van der Waals surface area (Å²) in [6.07, 6.45) is 1.34. The van der Waals surface area contributed by atoms with Gasteiger partial charge in [-0.3, -0.25) is 0 Å². The maximum atomic E-state index is 12.9. The molecule has 2 N–H and O–H groups in total. The largest absolute Gasteiger partial charge is 0.493 e. The summed E-state index contributed by atoms with van der Waals surface area (Å²) in [7, 11) is -1.34. The van der Waals surface area contributed by atoms with E-state index in [4.69, 9.17) is 9.47 Å². The van der Waals surface area contributed by atoms with E-state index in [2.05, 4.69) is 10.8 Å². The van der Waals surface area contributed by atoms with Gasteiger partial charge in [0.25, 0.3) is 0 Å². The third-order valence-corrected chi connectivity index (χ3v) is 7.23. The molecule has 0 radical (unpaired) electrons. The van der Waals surface area contributed by atoms with Crippen molar-refractivity contribution in [1.82, 2.24) is 0 Å². The maximum Gasteiger partial charge on any atom is 0.337 e. The number of carboxylic acids is 1. The zero-order valence-electron chi connectivity index (χ0n) is 21.9. The summed E-state index contributed by atoms with van der Waals surface area (Å²) < 4.78 is 27.8. The quantitative estimate of drug-likeness (QED) is 0.348. The zero-order chi connectivity index (χ0) is 26.6. The van der Waals surface area contributed by atoms with Gasteiger partial charge in [-0.1, -0.05) is 36.4 Å². The normalized spacial score (nSPS) is 14.8. The number of hydrogen-bond donors (Lipinski definition) is 2. The number of aryl methyl sites for hydroxylation is 3. The molecule has 0 amide bonds. The van der Waals surface area contributed by atoms with Crippen LogP contribution in [0, 0.1) is 6.92 Å². The van der Waals surface area contributed by atoms with Gasteiger partial charge in [-0.15, -0.1) is 0 Å². The van der Waals surface area contributed by atoms with Gasteiger partial charge in [0.2, 0.25) is 0 Å². The van der Waals surface area contributed by atoms with Gasteiger partial charge in [0.15, 0.2) is 6.10 Å². The van der Waals surface area contributed by atoms with Crippen molar-refractivity contribution < 1.29 is 23.6 Å². The number of aliphatic carboxylic acids is 1. The summed E-state index contributed by atoms with van der Waals surface area (Å²) in [6.45, 7) is 8.17. The third-order valence-electron chi connectivity index (χ3n) is 6.19. The average Bonchev–Trinajstić information content (AvgIpc) is 2.85. The molecule has 0 saturated heterocycles. The van der Waals surface area contributed by atoms with Gasteiger partial charge >= 0.3 is 5.97 Å². The lowest BCUT2D eigenvalue weighted by Gasteiger charge is -2.28. The lowest BCUT2D eigenvalue weighted by atomic mass is 9.89. The lowest BCUT2D eigenvalue weighted by molar-refractivity contribution is -0.160. The highest BCUT2D eigenvalue weighted by molar-refractivity contribution is 7.86. The van der Waals surface area contributed by atoms with Gasteiger partial charge in [-0.05, 0) is 99.0 Å². The molecule has 7 heteroatoms. The van der Waals surface area contributed by atoms with E-state index in [0.29, 0.717) is 30.0 Å². The van der Waals surface area contributed by atoms with Crippen LogP contribution in [0.25, 0.3) is 11.1 Å². The molecule has 0 aromatic heterocycles. The fraction of sp³-hybridized carbons (Fsp3) is 0.367.